The highest BCUT2D eigenvalue weighted by Gasteiger charge is 2.34. The monoisotopic (exact) mass is 514 g/mol. The predicted molar refractivity (Wildman–Crippen MR) is 114 cm³/mol. The van der Waals surface area contributed by atoms with E-state index in [1.54, 1.807) is 6.26 Å². The van der Waals surface area contributed by atoms with Crippen LogP contribution in [0.15, 0.2) is 27.8 Å². The van der Waals surface area contributed by atoms with Crippen LogP contribution in [0.4, 0.5) is 13.2 Å². The minimum absolute atomic E-state index is 0. The third kappa shape index (κ3) is 8.18. The fraction of sp³-hybridized carbons (Fsp3) is 0.737. The zero-order chi connectivity index (χ0) is 19.1. The molecule has 0 amide bonds. The van der Waals surface area contributed by atoms with E-state index in [9.17, 15) is 13.2 Å². The van der Waals surface area contributed by atoms with E-state index in [0.29, 0.717) is 44.5 Å². The van der Waals surface area contributed by atoms with Crippen molar-refractivity contribution in [1.82, 2.24) is 15.5 Å². The van der Waals surface area contributed by atoms with Crippen molar-refractivity contribution in [2.24, 2.45) is 4.99 Å². The molecule has 1 atom stereocenters. The van der Waals surface area contributed by atoms with Gasteiger partial charge in [0.05, 0.1) is 12.8 Å². The highest BCUT2D eigenvalue weighted by molar-refractivity contribution is 14.0. The van der Waals surface area contributed by atoms with E-state index in [1.165, 1.54) is 24.2 Å². The molecule has 1 aromatic rings. The van der Waals surface area contributed by atoms with Gasteiger partial charge in [-0.2, -0.15) is 13.2 Å². The molecular formula is C19H30F3IN4O. The smallest absolute Gasteiger partial charge is 0.401 e. The first-order valence-corrected chi connectivity index (χ1v) is 9.87. The molecule has 0 bridgehead atoms. The van der Waals surface area contributed by atoms with Crippen LogP contribution >= 0.6 is 24.0 Å². The molecule has 2 aliphatic rings. The standard InChI is InChI=1S/C19H29F3N4O.HI/c20-19(21,22)14-26-11-9-16(13-26)25-18(24-15-5-2-1-3-6-15)23-10-8-17-7-4-12-27-17;/h4,7,12,15-16H,1-3,5-6,8-11,13-14H2,(H2,23,24,25);1H. The van der Waals surface area contributed by atoms with Crippen molar-refractivity contribution in [3.05, 3.63) is 24.2 Å². The molecule has 1 saturated heterocycles. The fourth-order valence-electron chi connectivity index (χ4n) is 3.85. The minimum atomic E-state index is -4.14. The number of guanidine groups is 1. The van der Waals surface area contributed by atoms with Crippen LogP contribution in [0.25, 0.3) is 0 Å². The third-order valence-corrected chi connectivity index (χ3v) is 5.17. The molecule has 0 aromatic carbocycles. The van der Waals surface area contributed by atoms with Crippen LogP contribution in [0.5, 0.6) is 0 Å². The van der Waals surface area contributed by atoms with Gasteiger partial charge >= 0.3 is 6.18 Å². The number of hydrogen-bond acceptors (Lipinski definition) is 3. The Hall–Kier alpha value is -0.970. The highest BCUT2D eigenvalue weighted by Crippen LogP contribution is 2.20. The van der Waals surface area contributed by atoms with Crippen LogP contribution in [0.1, 0.15) is 44.3 Å². The molecule has 2 N–H and O–H groups in total. The lowest BCUT2D eigenvalue weighted by Crippen LogP contribution is -2.49. The summed E-state index contributed by atoms with van der Waals surface area (Å²) in [7, 11) is 0. The Labute approximate surface area is 181 Å². The number of furan rings is 1. The summed E-state index contributed by atoms with van der Waals surface area (Å²) in [6.45, 7) is 0.587. The lowest BCUT2D eigenvalue weighted by atomic mass is 9.96. The molecule has 2 fully saturated rings. The van der Waals surface area contributed by atoms with E-state index >= 15 is 0 Å². The van der Waals surface area contributed by atoms with E-state index in [1.807, 2.05) is 12.1 Å². The Morgan fingerprint density at radius 1 is 1.14 bits per heavy atom. The second-order valence-corrected chi connectivity index (χ2v) is 7.52. The average Bonchev–Trinajstić information content (AvgIpc) is 3.26. The van der Waals surface area contributed by atoms with Gasteiger partial charge in [-0.1, -0.05) is 19.3 Å². The van der Waals surface area contributed by atoms with Crippen molar-refractivity contribution < 1.29 is 17.6 Å². The van der Waals surface area contributed by atoms with Crippen molar-refractivity contribution >= 4 is 29.9 Å². The Kier molecular flexibility index (Phi) is 9.39. The number of nitrogens with zero attached hydrogens (tertiary/aromatic N) is 2. The van der Waals surface area contributed by atoms with Crippen LogP contribution in [0.3, 0.4) is 0 Å². The van der Waals surface area contributed by atoms with Gasteiger partial charge in [-0.25, -0.2) is 0 Å². The average molecular weight is 514 g/mol. The topological polar surface area (TPSA) is 52.8 Å². The Bertz CT molecular complexity index is 588. The third-order valence-electron chi connectivity index (χ3n) is 5.17. The minimum Gasteiger partial charge on any atom is -0.469 e. The van der Waals surface area contributed by atoms with E-state index < -0.39 is 12.7 Å². The maximum Gasteiger partial charge on any atom is 0.401 e. The lowest BCUT2D eigenvalue weighted by Gasteiger charge is -2.26. The van der Waals surface area contributed by atoms with Gasteiger partial charge in [0.1, 0.15) is 5.76 Å². The van der Waals surface area contributed by atoms with Crippen LogP contribution < -0.4 is 10.6 Å². The van der Waals surface area contributed by atoms with Gasteiger partial charge in [0, 0.05) is 38.1 Å². The van der Waals surface area contributed by atoms with Gasteiger partial charge < -0.3 is 15.1 Å². The molecule has 9 heteroatoms. The first-order valence-electron chi connectivity index (χ1n) is 9.87. The lowest BCUT2D eigenvalue weighted by molar-refractivity contribution is -0.143. The van der Waals surface area contributed by atoms with Crippen molar-refractivity contribution in [3.63, 3.8) is 0 Å². The molecule has 1 aliphatic carbocycles. The summed E-state index contributed by atoms with van der Waals surface area (Å²) in [4.78, 5) is 6.11. The fourth-order valence-corrected chi connectivity index (χ4v) is 3.85. The zero-order valence-corrected chi connectivity index (χ0v) is 18.3. The molecule has 1 aromatic heterocycles. The van der Waals surface area contributed by atoms with Gasteiger partial charge in [-0.05, 0) is 31.4 Å². The molecule has 2 heterocycles. The highest BCUT2D eigenvalue weighted by atomic mass is 127. The summed E-state index contributed by atoms with van der Waals surface area (Å²) in [5.41, 5.74) is 0. The Morgan fingerprint density at radius 3 is 2.57 bits per heavy atom. The molecule has 1 aliphatic heterocycles. The summed E-state index contributed by atoms with van der Waals surface area (Å²) in [6.07, 6.45) is 4.82. The summed E-state index contributed by atoms with van der Waals surface area (Å²) < 4.78 is 43.1. The maximum atomic E-state index is 12.6. The summed E-state index contributed by atoms with van der Waals surface area (Å²) in [6, 6.07) is 4.15. The van der Waals surface area contributed by atoms with E-state index in [2.05, 4.69) is 15.6 Å². The number of rotatable bonds is 6. The molecule has 28 heavy (non-hydrogen) atoms. The number of halogens is 4. The molecule has 1 saturated carbocycles. The van der Waals surface area contributed by atoms with Gasteiger partial charge in [0.15, 0.2) is 5.96 Å². The SMILES string of the molecule is FC(F)(F)CN1CCC(NC(=NCCc2ccco2)NC2CCCCC2)C1.I. The molecule has 3 rings (SSSR count). The van der Waals surface area contributed by atoms with Gasteiger partial charge in [-0.3, -0.25) is 9.89 Å². The first kappa shape index (κ1) is 23.3. The van der Waals surface area contributed by atoms with Crippen molar-refractivity contribution in [2.45, 2.75) is 63.2 Å². The Balaban J connectivity index is 0.00000280. The van der Waals surface area contributed by atoms with Gasteiger partial charge in [0.25, 0.3) is 0 Å². The van der Waals surface area contributed by atoms with Crippen LogP contribution in [-0.4, -0.2) is 55.3 Å². The summed E-state index contributed by atoms with van der Waals surface area (Å²) >= 11 is 0. The first-order chi connectivity index (χ1) is 13.0. The molecule has 0 spiro atoms. The zero-order valence-electron chi connectivity index (χ0n) is 16.0. The molecule has 1 unspecified atom stereocenters. The number of hydrogen-bond donors (Lipinski definition) is 2. The van der Waals surface area contributed by atoms with Gasteiger partial charge in [0.2, 0.25) is 0 Å². The van der Waals surface area contributed by atoms with E-state index in [-0.39, 0.29) is 30.0 Å². The van der Waals surface area contributed by atoms with Crippen molar-refractivity contribution in [3.8, 4) is 0 Å². The summed E-state index contributed by atoms with van der Waals surface area (Å²) in [5, 5.41) is 6.85. The maximum absolute atomic E-state index is 12.6. The molecule has 0 radical (unpaired) electrons. The van der Waals surface area contributed by atoms with Crippen LogP contribution in [-0.2, 0) is 6.42 Å². The Morgan fingerprint density at radius 2 is 1.89 bits per heavy atom. The van der Waals surface area contributed by atoms with Gasteiger partial charge in [-0.15, -0.1) is 24.0 Å². The largest absolute Gasteiger partial charge is 0.469 e. The van der Waals surface area contributed by atoms with E-state index in [0.717, 1.165) is 18.6 Å². The molecular weight excluding hydrogens is 484 g/mol. The summed E-state index contributed by atoms with van der Waals surface area (Å²) in [5.74, 6) is 1.60. The second-order valence-electron chi connectivity index (χ2n) is 7.52. The molecule has 5 nitrogen and oxygen atoms in total. The predicted octanol–water partition coefficient (Wildman–Crippen LogP) is 3.94. The number of likely N-dealkylation sites (tertiary alicyclic amines) is 1. The van der Waals surface area contributed by atoms with Crippen LogP contribution in [0.2, 0.25) is 0 Å². The number of nitrogens with one attached hydrogen (secondary N) is 2. The number of alkyl halides is 3. The quantitative estimate of drug-likeness (QED) is 0.343. The van der Waals surface area contributed by atoms with E-state index in [4.69, 9.17) is 4.42 Å². The van der Waals surface area contributed by atoms with Crippen molar-refractivity contribution in [1.29, 1.82) is 0 Å². The normalized spacial score (nSPS) is 22.1. The van der Waals surface area contributed by atoms with Crippen LogP contribution in [0, 0.1) is 0 Å². The van der Waals surface area contributed by atoms with Crippen molar-refractivity contribution in [2.75, 3.05) is 26.2 Å². The number of aliphatic imine (C=N–C) groups is 1. The second kappa shape index (κ2) is 11.3. The molecule has 160 valence electrons.